The van der Waals surface area contributed by atoms with Gasteiger partial charge in [-0.2, -0.15) is 0 Å². The van der Waals surface area contributed by atoms with Gasteiger partial charge in [0.2, 0.25) is 0 Å². The highest BCUT2D eigenvalue weighted by Crippen LogP contribution is 2.16. The molecule has 2 aromatic heterocycles. The minimum absolute atomic E-state index is 0.0461. The molecular weight excluding hydrogens is 342 g/mol. The maximum absolute atomic E-state index is 12.4. The molecule has 0 bridgehead atoms. The molecule has 0 atom stereocenters. The predicted molar refractivity (Wildman–Crippen MR) is 101 cm³/mol. The first kappa shape index (κ1) is 16.7. The fourth-order valence-electron chi connectivity index (χ4n) is 2.72. The lowest BCUT2D eigenvalue weighted by molar-refractivity contribution is 0.103. The molecule has 132 valence electrons. The summed E-state index contributed by atoms with van der Waals surface area (Å²) >= 11 is 0. The molecule has 0 aliphatic heterocycles. The molecule has 0 amide bonds. The average molecular weight is 357 g/mol. The number of H-pyrrole nitrogens is 1. The van der Waals surface area contributed by atoms with Crippen LogP contribution in [0.25, 0.3) is 10.9 Å². The van der Waals surface area contributed by atoms with Crippen molar-refractivity contribution in [1.29, 1.82) is 0 Å². The molecule has 6 heteroatoms. The Morgan fingerprint density at radius 3 is 2.48 bits per heavy atom. The van der Waals surface area contributed by atoms with Crippen LogP contribution in [0.1, 0.15) is 21.7 Å². The number of hydrogen-bond donors (Lipinski definition) is 1. The van der Waals surface area contributed by atoms with E-state index in [1.54, 1.807) is 48.7 Å². The predicted octanol–water partition coefficient (Wildman–Crippen LogP) is 3.13. The first-order valence-corrected chi connectivity index (χ1v) is 8.36. The number of fused-ring (bicyclic) bond motifs is 1. The third kappa shape index (κ3) is 3.59. The van der Waals surface area contributed by atoms with Crippen LogP contribution in [0.2, 0.25) is 0 Å². The Kier molecular flexibility index (Phi) is 4.45. The molecule has 2 aromatic carbocycles. The van der Waals surface area contributed by atoms with Crippen molar-refractivity contribution in [2.45, 2.75) is 6.61 Å². The van der Waals surface area contributed by atoms with E-state index in [0.717, 1.165) is 0 Å². The van der Waals surface area contributed by atoms with Crippen LogP contribution in [0.4, 0.5) is 0 Å². The summed E-state index contributed by atoms with van der Waals surface area (Å²) in [5, 5.41) is 0.484. The summed E-state index contributed by atoms with van der Waals surface area (Å²) in [5.41, 5.74) is 1.50. The molecule has 27 heavy (non-hydrogen) atoms. The first-order valence-electron chi connectivity index (χ1n) is 8.36. The van der Waals surface area contributed by atoms with E-state index in [1.165, 1.54) is 6.20 Å². The van der Waals surface area contributed by atoms with Crippen LogP contribution in [0, 0.1) is 0 Å². The Bertz CT molecular complexity index is 1150. The molecule has 0 aliphatic rings. The maximum atomic E-state index is 12.4. The SMILES string of the molecule is O=C(c1ccccc1)c1ccc(OCc2nc3cnccc3c(=O)[nH]2)cc1. The largest absolute Gasteiger partial charge is 0.486 e. The van der Waals surface area contributed by atoms with E-state index in [2.05, 4.69) is 15.0 Å². The second-order valence-electron chi connectivity index (χ2n) is 5.91. The van der Waals surface area contributed by atoms with Crippen molar-refractivity contribution in [3.8, 4) is 5.75 Å². The van der Waals surface area contributed by atoms with E-state index in [4.69, 9.17) is 4.74 Å². The molecule has 4 rings (SSSR count). The van der Waals surface area contributed by atoms with Crippen LogP contribution in [-0.2, 0) is 6.61 Å². The highest BCUT2D eigenvalue weighted by atomic mass is 16.5. The minimum atomic E-state index is -0.232. The molecule has 6 nitrogen and oxygen atoms in total. The molecule has 0 saturated carbocycles. The normalized spacial score (nSPS) is 10.7. The quantitative estimate of drug-likeness (QED) is 0.555. The summed E-state index contributed by atoms with van der Waals surface area (Å²) < 4.78 is 5.67. The topological polar surface area (TPSA) is 84.9 Å². The summed E-state index contributed by atoms with van der Waals surface area (Å²) in [6.07, 6.45) is 3.09. The Hall–Kier alpha value is -3.80. The third-order valence-electron chi connectivity index (χ3n) is 4.09. The number of nitrogens with one attached hydrogen (secondary N) is 1. The summed E-state index contributed by atoms with van der Waals surface area (Å²) in [5.74, 6) is 0.939. The second-order valence-corrected chi connectivity index (χ2v) is 5.91. The van der Waals surface area contributed by atoms with Crippen molar-refractivity contribution < 1.29 is 9.53 Å². The highest BCUT2D eigenvalue weighted by molar-refractivity contribution is 6.08. The van der Waals surface area contributed by atoms with Crippen LogP contribution in [0.3, 0.4) is 0 Å². The molecular formula is C21H15N3O3. The second kappa shape index (κ2) is 7.21. The van der Waals surface area contributed by atoms with Crippen molar-refractivity contribution in [3.63, 3.8) is 0 Å². The number of carbonyl (C=O) groups is 1. The van der Waals surface area contributed by atoms with E-state index in [9.17, 15) is 9.59 Å². The monoisotopic (exact) mass is 357 g/mol. The van der Waals surface area contributed by atoms with Gasteiger partial charge in [-0.1, -0.05) is 30.3 Å². The van der Waals surface area contributed by atoms with E-state index < -0.39 is 0 Å². The number of hydrogen-bond acceptors (Lipinski definition) is 5. The van der Waals surface area contributed by atoms with E-state index in [1.807, 2.05) is 18.2 Å². The standard InChI is InChI=1S/C21H15N3O3/c25-20(14-4-2-1-3-5-14)15-6-8-16(9-7-15)27-13-19-23-18-12-22-11-10-17(18)21(26)24-19/h1-12H,13H2,(H,23,24,26). The number of carbonyl (C=O) groups excluding carboxylic acids is 1. The van der Waals surface area contributed by atoms with E-state index in [0.29, 0.717) is 33.6 Å². The van der Waals surface area contributed by atoms with Gasteiger partial charge in [-0.05, 0) is 30.3 Å². The van der Waals surface area contributed by atoms with Gasteiger partial charge in [-0.3, -0.25) is 14.6 Å². The number of ketones is 1. The van der Waals surface area contributed by atoms with Crippen LogP contribution >= 0.6 is 0 Å². The van der Waals surface area contributed by atoms with Crippen LogP contribution in [0.15, 0.2) is 77.9 Å². The first-order chi connectivity index (χ1) is 13.2. The lowest BCUT2D eigenvalue weighted by Gasteiger charge is -2.07. The number of ether oxygens (including phenoxy) is 1. The smallest absolute Gasteiger partial charge is 0.258 e. The van der Waals surface area contributed by atoms with Crippen molar-refractivity contribution in [2.75, 3.05) is 0 Å². The van der Waals surface area contributed by atoms with Crippen LogP contribution < -0.4 is 10.3 Å². The summed E-state index contributed by atoms with van der Waals surface area (Å²) in [6, 6.07) is 17.6. The molecule has 0 spiro atoms. The van der Waals surface area contributed by atoms with Gasteiger partial charge in [0.15, 0.2) is 5.78 Å². The molecule has 1 N–H and O–H groups in total. The highest BCUT2D eigenvalue weighted by Gasteiger charge is 2.09. The summed E-state index contributed by atoms with van der Waals surface area (Å²) in [7, 11) is 0. The zero-order valence-electron chi connectivity index (χ0n) is 14.3. The molecule has 0 aliphatic carbocycles. The minimum Gasteiger partial charge on any atom is -0.486 e. The van der Waals surface area contributed by atoms with Gasteiger partial charge < -0.3 is 9.72 Å². The Balaban J connectivity index is 1.48. The average Bonchev–Trinajstić information content (AvgIpc) is 2.73. The summed E-state index contributed by atoms with van der Waals surface area (Å²) in [4.78, 5) is 35.5. The number of rotatable bonds is 5. The van der Waals surface area contributed by atoms with E-state index >= 15 is 0 Å². The lowest BCUT2D eigenvalue weighted by atomic mass is 10.0. The van der Waals surface area contributed by atoms with Crippen molar-refractivity contribution >= 4 is 16.7 Å². The van der Waals surface area contributed by atoms with Gasteiger partial charge in [-0.15, -0.1) is 0 Å². The zero-order chi connectivity index (χ0) is 18.6. The van der Waals surface area contributed by atoms with Crippen molar-refractivity contribution in [1.82, 2.24) is 15.0 Å². The molecule has 0 fully saturated rings. The number of aromatic nitrogens is 3. The fraction of sp³-hybridized carbons (Fsp3) is 0.0476. The maximum Gasteiger partial charge on any atom is 0.258 e. The third-order valence-corrected chi connectivity index (χ3v) is 4.09. The molecule has 4 aromatic rings. The van der Waals surface area contributed by atoms with Crippen LogP contribution in [-0.4, -0.2) is 20.7 Å². The lowest BCUT2D eigenvalue weighted by Crippen LogP contribution is -2.13. The van der Waals surface area contributed by atoms with Crippen molar-refractivity contribution in [2.24, 2.45) is 0 Å². The number of pyridine rings is 1. The van der Waals surface area contributed by atoms with Crippen molar-refractivity contribution in [3.05, 3.63) is 100 Å². The molecule has 0 saturated heterocycles. The van der Waals surface area contributed by atoms with Gasteiger partial charge in [0.1, 0.15) is 18.2 Å². The number of nitrogens with zero attached hydrogens (tertiary/aromatic N) is 2. The van der Waals surface area contributed by atoms with Gasteiger partial charge in [-0.25, -0.2) is 4.98 Å². The van der Waals surface area contributed by atoms with Crippen LogP contribution in [0.5, 0.6) is 5.75 Å². The van der Waals surface area contributed by atoms with E-state index in [-0.39, 0.29) is 17.9 Å². The van der Waals surface area contributed by atoms with Gasteiger partial charge in [0, 0.05) is 17.3 Å². The Morgan fingerprint density at radius 1 is 0.963 bits per heavy atom. The molecule has 2 heterocycles. The number of aromatic amines is 1. The Morgan fingerprint density at radius 2 is 1.70 bits per heavy atom. The molecule has 0 radical (unpaired) electrons. The fourth-order valence-corrected chi connectivity index (χ4v) is 2.72. The molecule has 0 unspecified atom stereocenters. The summed E-state index contributed by atoms with van der Waals surface area (Å²) in [6.45, 7) is 0.103. The zero-order valence-corrected chi connectivity index (χ0v) is 14.3. The Labute approximate surface area is 154 Å². The van der Waals surface area contributed by atoms with Gasteiger partial charge in [0.25, 0.3) is 5.56 Å². The van der Waals surface area contributed by atoms with Gasteiger partial charge >= 0.3 is 0 Å². The number of benzene rings is 2. The van der Waals surface area contributed by atoms with Gasteiger partial charge in [0.05, 0.1) is 17.1 Å².